The molecule has 0 aliphatic carbocycles. The first-order valence-electron chi connectivity index (χ1n) is 9.75. The molecule has 10 heteroatoms. The Balaban J connectivity index is 1.49. The van der Waals surface area contributed by atoms with Gasteiger partial charge in [-0.15, -0.1) is 11.8 Å². The Hall–Kier alpha value is -3.53. The molecule has 1 saturated heterocycles. The van der Waals surface area contributed by atoms with Crippen LogP contribution < -0.4 is 15.5 Å². The Morgan fingerprint density at radius 3 is 2.24 bits per heavy atom. The van der Waals surface area contributed by atoms with E-state index >= 15 is 0 Å². The normalized spacial score (nSPS) is 16.1. The molecule has 1 aliphatic heterocycles. The fraction of sp³-hybridized carbons (Fsp3) is 0.130. The lowest BCUT2D eigenvalue weighted by atomic mass is 10.1. The smallest absolute Gasteiger partial charge is 0.308 e. The Kier molecular flexibility index (Phi) is 6.28. The van der Waals surface area contributed by atoms with Crippen molar-refractivity contribution in [2.75, 3.05) is 21.3 Å². The number of nitrogens with zero attached hydrogens (tertiary/aromatic N) is 1. The summed E-state index contributed by atoms with van der Waals surface area (Å²) in [6, 6.07) is 16.0. The van der Waals surface area contributed by atoms with E-state index in [0.717, 1.165) is 17.7 Å². The molecule has 1 fully saturated rings. The highest BCUT2D eigenvalue weighted by molar-refractivity contribution is 8.00. The lowest BCUT2D eigenvalue weighted by Gasteiger charge is -2.24. The maximum absolute atomic E-state index is 13.3. The van der Waals surface area contributed by atoms with E-state index in [4.69, 9.17) is 0 Å². The average Bonchev–Trinajstić information content (AvgIpc) is 3.15. The van der Waals surface area contributed by atoms with Crippen molar-refractivity contribution in [3.8, 4) is 0 Å². The Morgan fingerprint density at radius 1 is 0.939 bits per heavy atom. The van der Waals surface area contributed by atoms with E-state index < -0.39 is 23.6 Å². The molecule has 1 heterocycles. The maximum Gasteiger partial charge on any atom is 0.416 e. The number of anilines is 3. The number of halogens is 4. The van der Waals surface area contributed by atoms with Crippen LogP contribution in [0.4, 0.5) is 39.4 Å². The number of alkyl halides is 3. The van der Waals surface area contributed by atoms with Crippen LogP contribution in [0.25, 0.3) is 0 Å². The first-order chi connectivity index (χ1) is 15.7. The van der Waals surface area contributed by atoms with Crippen molar-refractivity contribution < 1.29 is 27.2 Å². The highest BCUT2D eigenvalue weighted by Gasteiger charge is 2.34. The molecule has 0 saturated carbocycles. The van der Waals surface area contributed by atoms with Crippen LogP contribution in [0.1, 0.15) is 16.5 Å². The molecule has 2 N–H and O–H groups in total. The largest absolute Gasteiger partial charge is 0.416 e. The number of hydrogen-bond acceptors (Lipinski definition) is 3. The molecule has 0 spiro atoms. The lowest BCUT2D eigenvalue weighted by molar-refractivity contribution is -0.137. The fourth-order valence-electron chi connectivity index (χ4n) is 3.39. The number of hydrogen-bond donors (Lipinski definition) is 2. The molecule has 4 rings (SSSR count). The summed E-state index contributed by atoms with van der Waals surface area (Å²) in [4.78, 5) is 26.4. The van der Waals surface area contributed by atoms with Crippen LogP contribution in [0.2, 0.25) is 0 Å². The van der Waals surface area contributed by atoms with Gasteiger partial charge in [0.2, 0.25) is 5.91 Å². The van der Waals surface area contributed by atoms with Crippen molar-refractivity contribution in [2.45, 2.75) is 11.6 Å². The zero-order valence-electron chi connectivity index (χ0n) is 16.9. The van der Waals surface area contributed by atoms with E-state index in [1.54, 1.807) is 29.2 Å². The van der Waals surface area contributed by atoms with Gasteiger partial charge in [0.05, 0.1) is 11.3 Å². The summed E-state index contributed by atoms with van der Waals surface area (Å²) in [7, 11) is 0. The summed E-state index contributed by atoms with van der Waals surface area (Å²) in [5, 5.41) is 4.60. The molecule has 3 aromatic rings. The van der Waals surface area contributed by atoms with Crippen molar-refractivity contribution in [1.29, 1.82) is 0 Å². The zero-order chi connectivity index (χ0) is 23.6. The number of rotatable bonds is 4. The Morgan fingerprint density at radius 2 is 1.58 bits per heavy atom. The third-order valence-corrected chi connectivity index (χ3v) is 6.06. The molecule has 1 aliphatic rings. The van der Waals surface area contributed by atoms with Crippen molar-refractivity contribution >= 4 is 40.8 Å². The van der Waals surface area contributed by atoms with E-state index in [9.17, 15) is 27.2 Å². The predicted molar refractivity (Wildman–Crippen MR) is 120 cm³/mol. The lowest BCUT2D eigenvalue weighted by Crippen LogP contribution is -2.27. The molecular weight excluding hydrogens is 458 g/mol. The number of urea groups is 1. The number of nitrogens with one attached hydrogen (secondary N) is 2. The highest BCUT2D eigenvalue weighted by Crippen LogP contribution is 2.42. The molecule has 0 bridgehead atoms. The minimum absolute atomic E-state index is 0.00194. The molecule has 5 nitrogen and oxygen atoms in total. The second-order valence-electron chi connectivity index (χ2n) is 7.19. The third kappa shape index (κ3) is 5.28. The fourth-order valence-corrected chi connectivity index (χ4v) is 4.56. The van der Waals surface area contributed by atoms with E-state index in [1.165, 1.54) is 48.2 Å². The van der Waals surface area contributed by atoms with Crippen molar-refractivity contribution in [3.05, 3.63) is 89.7 Å². The topological polar surface area (TPSA) is 61.4 Å². The van der Waals surface area contributed by atoms with Gasteiger partial charge in [-0.1, -0.05) is 18.2 Å². The third-order valence-electron chi connectivity index (χ3n) is 4.85. The van der Waals surface area contributed by atoms with Gasteiger partial charge < -0.3 is 10.6 Å². The molecule has 33 heavy (non-hydrogen) atoms. The van der Waals surface area contributed by atoms with Crippen molar-refractivity contribution in [2.24, 2.45) is 0 Å². The zero-order valence-corrected chi connectivity index (χ0v) is 17.7. The summed E-state index contributed by atoms with van der Waals surface area (Å²) in [5.41, 5.74) is 0.809. The quantitative estimate of drug-likeness (QED) is 0.438. The van der Waals surface area contributed by atoms with E-state index in [0.29, 0.717) is 11.4 Å². The van der Waals surface area contributed by atoms with Crippen LogP contribution >= 0.6 is 11.8 Å². The summed E-state index contributed by atoms with van der Waals surface area (Å²) in [6.45, 7) is 0. The first kappa shape index (κ1) is 22.7. The van der Waals surface area contributed by atoms with E-state index in [2.05, 4.69) is 10.6 Å². The van der Waals surface area contributed by atoms with Gasteiger partial charge in [0, 0.05) is 17.1 Å². The molecule has 3 aromatic carbocycles. The van der Waals surface area contributed by atoms with Gasteiger partial charge in [-0.05, 0) is 60.2 Å². The van der Waals surface area contributed by atoms with Gasteiger partial charge in [-0.25, -0.2) is 9.18 Å². The van der Waals surface area contributed by atoms with Crippen molar-refractivity contribution in [1.82, 2.24) is 0 Å². The second-order valence-corrected chi connectivity index (χ2v) is 8.26. The average molecular weight is 475 g/mol. The monoisotopic (exact) mass is 475 g/mol. The first-order valence-corrected chi connectivity index (χ1v) is 10.8. The number of carbonyl (C=O) groups excluding carboxylic acids is 2. The van der Waals surface area contributed by atoms with Gasteiger partial charge in [0.25, 0.3) is 0 Å². The van der Waals surface area contributed by atoms with E-state index in [-0.39, 0.29) is 22.7 Å². The molecule has 170 valence electrons. The number of benzene rings is 3. The highest BCUT2D eigenvalue weighted by atomic mass is 32.2. The SMILES string of the molecule is O=C(Nc1cccc(C2SCC(=O)N2c2ccc(F)cc2)c1)Nc1cccc(C(F)(F)F)c1. The summed E-state index contributed by atoms with van der Waals surface area (Å²) < 4.78 is 51.9. The Bertz CT molecular complexity index is 1180. The summed E-state index contributed by atoms with van der Waals surface area (Å²) >= 11 is 1.39. The van der Waals surface area contributed by atoms with E-state index in [1.807, 2.05) is 0 Å². The minimum Gasteiger partial charge on any atom is -0.308 e. The second kappa shape index (κ2) is 9.14. The van der Waals surface area contributed by atoms with Gasteiger partial charge in [-0.2, -0.15) is 13.2 Å². The summed E-state index contributed by atoms with van der Waals surface area (Å²) in [6.07, 6.45) is -4.52. The molecular formula is C23H17F4N3O2S. The maximum atomic E-state index is 13.3. The van der Waals surface area contributed by atoms with Crippen LogP contribution in [0, 0.1) is 5.82 Å². The van der Waals surface area contributed by atoms with Crippen molar-refractivity contribution in [3.63, 3.8) is 0 Å². The summed E-state index contributed by atoms with van der Waals surface area (Å²) in [5.74, 6) is -0.291. The molecule has 1 atom stereocenters. The Labute approximate surface area is 190 Å². The van der Waals surface area contributed by atoms with Gasteiger partial charge >= 0.3 is 12.2 Å². The number of amides is 3. The molecule has 0 radical (unpaired) electrons. The van der Waals surface area contributed by atoms with Crippen LogP contribution in [-0.4, -0.2) is 17.7 Å². The molecule has 1 unspecified atom stereocenters. The number of carbonyl (C=O) groups is 2. The molecule has 3 amide bonds. The van der Waals surface area contributed by atoms with Crippen LogP contribution in [0.5, 0.6) is 0 Å². The van der Waals surface area contributed by atoms with Gasteiger partial charge in [0.15, 0.2) is 0 Å². The minimum atomic E-state index is -4.52. The van der Waals surface area contributed by atoms with Crippen LogP contribution in [0.15, 0.2) is 72.8 Å². The number of thioether (sulfide) groups is 1. The van der Waals surface area contributed by atoms with Gasteiger partial charge in [-0.3, -0.25) is 9.69 Å². The van der Waals surface area contributed by atoms with Crippen LogP contribution in [0.3, 0.4) is 0 Å². The van der Waals surface area contributed by atoms with Crippen LogP contribution in [-0.2, 0) is 11.0 Å². The standard InChI is InChI=1S/C23H17F4N3O2S/c24-16-7-9-19(10-8-16)30-20(31)13-33-21(30)14-3-1-5-17(11-14)28-22(32)29-18-6-2-4-15(12-18)23(25,26)27/h1-12,21H,13H2,(H2,28,29,32). The van der Waals surface area contributed by atoms with Gasteiger partial charge in [0.1, 0.15) is 11.2 Å². The molecule has 0 aromatic heterocycles. The predicted octanol–water partition coefficient (Wildman–Crippen LogP) is 6.27.